The Morgan fingerprint density at radius 2 is 2.05 bits per heavy atom. The zero-order valence-electron chi connectivity index (χ0n) is 13.5. The van der Waals surface area contributed by atoms with Gasteiger partial charge in [-0.15, -0.1) is 0 Å². The summed E-state index contributed by atoms with van der Waals surface area (Å²) in [5, 5.41) is 3.57. The second kappa shape index (κ2) is 7.10. The van der Waals surface area contributed by atoms with E-state index in [1.807, 2.05) is 0 Å². The van der Waals surface area contributed by atoms with Crippen molar-refractivity contribution in [2.75, 3.05) is 39.3 Å². The van der Waals surface area contributed by atoms with Gasteiger partial charge in [-0.05, 0) is 56.9 Å². The average Bonchev–Trinajstić information content (AvgIpc) is 3.12. The molecule has 0 aromatic carbocycles. The molecule has 1 aliphatic carbocycles. The van der Waals surface area contributed by atoms with Gasteiger partial charge >= 0.3 is 0 Å². The molecule has 3 rings (SSSR count). The van der Waals surface area contributed by atoms with Gasteiger partial charge in [0.05, 0.1) is 6.54 Å². The summed E-state index contributed by atoms with van der Waals surface area (Å²) in [6.45, 7) is 8.20. The summed E-state index contributed by atoms with van der Waals surface area (Å²) in [6.07, 6.45) is 7.75. The molecule has 4 nitrogen and oxygen atoms in total. The van der Waals surface area contributed by atoms with Gasteiger partial charge in [0.2, 0.25) is 5.91 Å². The van der Waals surface area contributed by atoms with E-state index in [9.17, 15) is 4.79 Å². The molecule has 2 heterocycles. The van der Waals surface area contributed by atoms with Gasteiger partial charge in [-0.1, -0.05) is 6.92 Å². The number of rotatable bonds is 6. The Morgan fingerprint density at radius 3 is 2.71 bits per heavy atom. The van der Waals surface area contributed by atoms with Crippen LogP contribution in [0.25, 0.3) is 0 Å². The van der Waals surface area contributed by atoms with Crippen molar-refractivity contribution in [3.63, 3.8) is 0 Å². The van der Waals surface area contributed by atoms with E-state index in [0.717, 1.165) is 38.6 Å². The van der Waals surface area contributed by atoms with Crippen LogP contribution in [-0.2, 0) is 4.79 Å². The summed E-state index contributed by atoms with van der Waals surface area (Å²) in [7, 11) is 0. The second-order valence-electron chi connectivity index (χ2n) is 7.52. The number of carbonyl (C=O) groups excluding carboxylic acids is 1. The van der Waals surface area contributed by atoms with E-state index in [1.165, 1.54) is 38.5 Å². The highest BCUT2D eigenvalue weighted by Gasteiger charge is 2.29. The third kappa shape index (κ3) is 4.68. The van der Waals surface area contributed by atoms with Gasteiger partial charge < -0.3 is 10.2 Å². The maximum Gasteiger partial charge on any atom is 0.236 e. The van der Waals surface area contributed by atoms with Crippen LogP contribution < -0.4 is 5.32 Å². The van der Waals surface area contributed by atoms with Crippen LogP contribution in [0, 0.1) is 11.8 Å². The lowest BCUT2D eigenvalue weighted by molar-refractivity contribution is -0.134. The lowest BCUT2D eigenvalue weighted by Gasteiger charge is -2.33. The van der Waals surface area contributed by atoms with E-state index in [0.29, 0.717) is 24.4 Å². The van der Waals surface area contributed by atoms with Crippen LogP contribution in [0.15, 0.2) is 0 Å². The molecule has 1 amide bonds. The van der Waals surface area contributed by atoms with Crippen molar-refractivity contribution < 1.29 is 4.79 Å². The summed E-state index contributed by atoms with van der Waals surface area (Å²) < 4.78 is 0. The molecule has 21 heavy (non-hydrogen) atoms. The van der Waals surface area contributed by atoms with Gasteiger partial charge in [0.15, 0.2) is 0 Å². The highest BCUT2D eigenvalue weighted by atomic mass is 16.2. The number of hydrogen-bond acceptors (Lipinski definition) is 3. The molecule has 0 radical (unpaired) electrons. The summed E-state index contributed by atoms with van der Waals surface area (Å²) in [5.74, 6) is 1.90. The highest BCUT2D eigenvalue weighted by molar-refractivity contribution is 5.78. The third-order valence-corrected chi connectivity index (χ3v) is 5.22. The van der Waals surface area contributed by atoms with Gasteiger partial charge in [0, 0.05) is 32.2 Å². The quantitative estimate of drug-likeness (QED) is 0.810. The Balaban J connectivity index is 1.50. The standard InChI is InChI=1S/C17H31N3O/c1-14-4-3-9-20(10-14)17(21)13-19(11-15-6-7-15)12-16-5-2-8-18-16/h14-16,18H,2-13H2,1H3. The summed E-state index contributed by atoms with van der Waals surface area (Å²) in [4.78, 5) is 17.1. The molecule has 0 bridgehead atoms. The van der Waals surface area contributed by atoms with Gasteiger partial charge in [0.1, 0.15) is 0 Å². The Bertz CT molecular complexity index is 350. The van der Waals surface area contributed by atoms with Crippen LogP contribution in [0.3, 0.4) is 0 Å². The maximum atomic E-state index is 12.6. The molecule has 2 atom stereocenters. The molecule has 1 N–H and O–H groups in total. The van der Waals surface area contributed by atoms with Crippen molar-refractivity contribution >= 4 is 5.91 Å². The van der Waals surface area contributed by atoms with E-state index >= 15 is 0 Å². The zero-order chi connectivity index (χ0) is 14.7. The van der Waals surface area contributed by atoms with Gasteiger partial charge in [-0.25, -0.2) is 0 Å². The first-order valence-electron chi connectivity index (χ1n) is 8.94. The number of nitrogens with zero attached hydrogens (tertiary/aromatic N) is 2. The molecule has 0 aromatic heterocycles. The Morgan fingerprint density at radius 1 is 1.19 bits per heavy atom. The minimum atomic E-state index is 0.361. The first kappa shape index (κ1) is 15.3. The normalized spacial score (nSPS) is 30.1. The predicted molar refractivity (Wildman–Crippen MR) is 85.2 cm³/mol. The highest BCUT2D eigenvalue weighted by Crippen LogP contribution is 2.30. The van der Waals surface area contributed by atoms with Gasteiger partial charge in [-0.2, -0.15) is 0 Å². The van der Waals surface area contributed by atoms with E-state index in [4.69, 9.17) is 0 Å². The van der Waals surface area contributed by atoms with Crippen LogP contribution in [0.4, 0.5) is 0 Å². The lowest BCUT2D eigenvalue weighted by atomic mass is 10.0. The number of amides is 1. The minimum absolute atomic E-state index is 0.361. The fourth-order valence-corrected chi connectivity index (χ4v) is 3.80. The number of piperidine rings is 1. The topological polar surface area (TPSA) is 35.6 Å². The molecule has 120 valence electrons. The molecule has 0 aromatic rings. The van der Waals surface area contributed by atoms with Crippen molar-refractivity contribution in [1.29, 1.82) is 0 Å². The second-order valence-corrected chi connectivity index (χ2v) is 7.52. The SMILES string of the molecule is CC1CCCN(C(=O)CN(CC2CC2)CC2CCCN2)C1. The fraction of sp³-hybridized carbons (Fsp3) is 0.941. The van der Waals surface area contributed by atoms with Crippen LogP contribution >= 0.6 is 0 Å². The van der Waals surface area contributed by atoms with Crippen LogP contribution in [-0.4, -0.2) is 61.0 Å². The van der Waals surface area contributed by atoms with Gasteiger partial charge in [-0.3, -0.25) is 9.69 Å². The van der Waals surface area contributed by atoms with Crippen molar-refractivity contribution in [2.45, 2.75) is 51.5 Å². The van der Waals surface area contributed by atoms with Crippen LogP contribution in [0.2, 0.25) is 0 Å². The van der Waals surface area contributed by atoms with E-state index in [2.05, 4.69) is 22.0 Å². The molecule has 4 heteroatoms. The zero-order valence-corrected chi connectivity index (χ0v) is 13.5. The molecule has 3 fully saturated rings. The number of carbonyl (C=O) groups is 1. The Kier molecular flexibility index (Phi) is 5.17. The van der Waals surface area contributed by atoms with Crippen molar-refractivity contribution in [1.82, 2.24) is 15.1 Å². The monoisotopic (exact) mass is 293 g/mol. The molecular weight excluding hydrogens is 262 g/mol. The lowest BCUT2D eigenvalue weighted by Crippen LogP contribution is -2.47. The van der Waals surface area contributed by atoms with E-state index < -0.39 is 0 Å². The smallest absolute Gasteiger partial charge is 0.236 e. The minimum Gasteiger partial charge on any atom is -0.341 e. The maximum absolute atomic E-state index is 12.6. The summed E-state index contributed by atoms with van der Waals surface area (Å²) in [5.41, 5.74) is 0. The first-order chi connectivity index (χ1) is 10.2. The molecule has 2 unspecified atom stereocenters. The molecule has 3 aliphatic rings. The molecule has 2 aliphatic heterocycles. The molecule has 2 saturated heterocycles. The van der Waals surface area contributed by atoms with Crippen LogP contribution in [0.5, 0.6) is 0 Å². The average molecular weight is 293 g/mol. The number of nitrogens with one attached hydrogen (secondary N) is 1. The molecule has 1 saturated carbocycles. The summed E-state index contributed by atoms with van der Waals surface area (Å²) in [6, 6.07) is 0.608. The fourth-order valence-electron chi connectivity index (χ4n) is 3.80. The molecular formula is C17H31N3O. The third-order valence-electron chi connectivity index (χ3n) is 5.22. The Labute approximate surface area is 129 Å². The van der Waals surface area contributed by atoms with Gasteiger partial charge in [0.25, 0.3) is 0 Å². The van der Waals surface area contributed by atoms with Crippen molar-refractivity contribution in [2.24, 2.45) is 11.8 Å². The number of likely N-dealkylation sites (tertiary alicyclic amines) is 1. The largest absolute Gasteiger partial charge is 0.341 e. The Hall–Kier alpha value is -0.610. The number of hydrogen-bond donors (Lipinski definition) is 1. The van der Waals surface area contributed by atoms with Crippen molar-refractivity contribution in [3.05, 3.63) is 0 Å². The summed E-state index contributed by atoms with van der Waals surface area (Å²) >= 11 is 0. The van der Waals surface area contributed by atoms with E-state index in [1.54, 1.807) is 0 Å². The van der Waals surface area contributed by atoms with E-state index in [-0.39, 0.29) is 0 Å². The van der Waals surface area contributed by atoms with Crippen molar-refractivity contribution in [3.8, 4) is 0 Å². The van der Waals surface area contributed by atoms with Crippen LogP contribution in [0.1, 0.15) is 45.4 Å². The first-order valence-corrected chi connectivity index (χ1v) is 8.94. The predicted octanol–water partition coefficient (Wildman–Crippen LogP) is 1.71. The molecule has 0 spiro atoms.